The fourth-order valence-electron chi connectivity index (χ4n) is 3.49. The molecule has 1 spiro atoms. The number of ether oxygens (including phenoxy) is 1. The number of rotatable bonds is 4. The smallest absolute Gasteiger partial charge is 0.243 e. The van der Waals surface area contributed by atoms with Gasteiger partial charge in [-0.3, -0.25) is 0 Å². The zero-order chi connectivity index (χ0) is 16.9. The van der Waals surface area contributed by atoms with E-state index in [9.17, 15) is 16.8 Å². The van der Waals surface area contributed by atoms with Crippen LogP contribution in [0.25, 0.3) is 0 Å². The Kier molecular flexibility index (Phi) is 4.07. The van der Waals surface area contributed by atoms with Gasteiger partial charge >= 0.3 is 0 Å². The molecule has 6 nitrogen and oxygen atoms in total. The van der Waals surface area contributed by atoms with E-state index in [1.807, 2.05) is 6.92 Å². The van der Waals surface area contributed by atoms with Crippen LogP contribution < -0.4 is 0 Å². The topological polar surface area (TPSA) is 80.8 Å². The van der Waals surface area contributed by atoms with E-state index in [-0.39, 0.29) is 29.7 Å². The molecule has 0 aliphatic carbocycles. The summed E-state index contributed by atoms with van der Waals surface area (Å²) in [4.78, 5) is 0.205. The van der Waals surface area contributed by atoms with Gasteiger partial charge in [-0.2, -0.15) is 4.31 Å². The summed E-state index contributed by atoms with van der Waals surface area (Å²) >= 11 is 0. The minimum absolute atomic E-state index is 0.0274. The minimum Gasteiger partial charge on any atom is -0.384 e. The third-order valence-electron chi connectivity index (χ3n) is 5.01. The Labute approximate surface area is 137 Å². The SMILES string of the molecule is COCC1CCS(=O)(=O)C12CN(S(=O)(=O)c1ccc(C)cc1)C2. The van der Waals surface area contributed by atoms with Gasteiger partial charge in [0.05, 0.1) is 17.3 Å². The van der Waals surface area contributed by atoms with Crippen molar-refractivity contribution >= 4 is 19.9 Å². The van der Waals surface area contributed by atoms with Crippen molar-refractivity contribution in [1.29, 1.82) is 0 Å². The Bertz CT molecular complexity index is 793. The van der Waals surface area contributed by atoms with Crippen molar-refractivity contribution in [3.05, 3.63) is 29.8 Å². The van der Waals surface area contributed by atoms with Gasteiger partial charge in [-0.25, -0.2) is 16.8 Å². The predicted octanol–water partition coefficient (Wildman–Crippen LogP) is 0.819. The highest BCUT2D eigenvalue weighted by molar-refractivity contribution is 7.93. The molecule has 0 bridgehead atoms. The molecule has 2 aliphatic heterocycles. The van der Waals surface area contributed by atoms with E-state index in [4.69, 9.17) is 4.74 Å². The molecule has 2 aliphatic rings. The van der Waals surface area contributed by atoms with Gasteiger partial charge in [0.15, 0.2) is 9.84 Å². The molecule has 0 radical (unpaired) electrons. The molecule has 8 heteroatoms. The highest BCUT2D eigenvalue weighted by atomic mass is 32.2. The van der Waals surface area contributed by atoms with E-state index in [1.54, 1.807) is 24.3 Å². The van der Waals surface area contributed by atoms with Gasteiger partial charge in [0.25, 0.3) is 0 Å². The molecule has 1 aromatic carbocycles. The number of nitrogens with zero attached hydrogens (tertiary/aromatic N) is 1. The molecule has 0 aromatic heterocycles. The first kappa shape index (κ1) is 16.9. The second-order valence-electron chi connectivity index (χ2n) is 6.41. The first-order valence-electron chi connectivity index (χ1n) is 7.51. The molecule has 2 fully saturated rings. The van der Waals surface area contributed by atoms with Gasteiger partial charge < -0.3 is 4.74 Å². The number of hydrogen-bond donors (Lipinski definition) is 0. The molecule has 1 aromatic rings. The Hall–Kier alpha value is -0.960. The first-order valence-corrected chi connectivity index (χ1v) is 10.6. The van der Waals surface area contributed by atoms with Gasteiger partial charge in [-0.15, -0.1) is 0 Å². The summed E-state index contributed by atoms with van der Waals surface area (Å²) in [5, 5.41) is 0. The Morgan fingerprint density at radius 1 is 1.26 bits per heavy atom. The second kappa shape index (κ2) is 5.54. The molecule has 0 N–H and O–H groups in total. The van der Waals surface area contributed by atoms with Gasteiger partial charge in [0.1, 0.15) is 4.75 Å². The zero-order valence-electron chi connectivity index (χ0n) is 13.2. The third-order valence-corrected chi connectivity index (χ3v) is 9.42. The van der Waals surface area contributed by atoms with Gasteiger partial charge in [0.2, 0.25) is 10.0 Å². The number of hydrogen-bond acceptors (Lipinski definition) is 5. The van der Waals surface area contributed by atoms with E-state index in [1.165, 1.54) is 11.4 Å². The number of benzene rings is 1. The summed E-state index contributed by atoms with van der Waals surface area (Å²) in [6, 6.07) is 6.60. The maximum Gasteiger partial charge on any atom is 0.243 e. The maximum absolute atomic E-state index is 12.6. The van der Waals surface area contributed by atoms with Crippen LogP contribution >= 0.6 is 0 Å². The van der Waals surface area contributed by atoms with Crippen molar-refractivity contribution in [2.75, 3.05) is 32.6 Å². The number of sulfone groups is 1. The monoisotopic (exact) mass is 359 g/mol. The molecule has 23 heavy (non-hydrogen) atoms. The van der Waals surface area contributed by atoms with Crippen LogP contribution in [-0.2, 0) is 24.6 Å². The predicted molar refractivity (Wildman–Crippen MR) is 86.4 cm³/mol. The zero-order valence-corrected chi connectivity index (χ0v) is 14.9. The normalized spacial score (nSPS) is 26.3. The highest BCUT2D eigenvalue weighted by Crippen LogP contribution is 2.46. The summed E-state index contributed by atoms with van der Waals surface area (Å²) < 4.78 is 55.6. The average molecular weight is 359 g/mol. The Balaban J connectivity index is 1.85. The van der Waals surface area contributed by atoms with Crippen LogP contribution in [0.15, 0.2) is 29.2 Å². The summed E-state index contributed by atoms with van der Waals surface area (Å²) in [6.07, 6.45) is 0.536. The van der Waals surface area contributed by atoms with Crippen LogP contribution in [0.3, 0.4) is 0 Å². The second-order valence-corrected chi connectivity index (χ2v) is 10.8. The highest BCUT2D eigenvalue weighted by Gasteiger charge is 2.63. The summed E-state index contributed by atoms with van der Waals surface area (Å²) in [5.41, 5.74) is 0.975. The van der Waals surface area contributed by atoms with E-state index in [2.05, 4.69) is 0 Å². The Morgan fingerprint density at radius 3 is 2.43 bits per heavy atom. The summed E-state index contributed by atoms with van der Waals surface area (Å²) in [7, 11) is -5.39. The molecule has 1 atom stereocenters. The van der Waals surface area contributed by atoms with Crippen molar-refractivity contribution < 1.29 is 21.6 Å². The van der Waals surface area contributed by atoms with Crippen LogP contribution in [0.1, 0.15) is 12.0 Å². The van der Waals surface area contributed by atoms with Gasteiger partial charge in [0, 0.05) is 26.1 Å². The van der Waals surface area contributed by atoms with Crippen molar-refractivity contribution in [2.24, 2.45) is 5.92 Å². The van der Waals surface area contributed by atoms with E-state index in [0.717, 1.165) is 5.56 Å². The van der Waals surface area contributed by atoms with Crippen LogP contribution in [0.2, 0.25) is 0 Å². The van der Waals surface area contributed by atoms with E-state index >= 15 is 0 Å². The molecule has 1 unspecified atom stereocenters. The lowest BCUT2D eigenvalue weighted by molar-refractivity contribution is 0.0867. The molecule has 2 saturated heterocycles. The van der Waals surface area contributed by atoms with Crippen molar-refractivity contribution in [2.45, 2.75) is 23.0 Å². The molecule has 0 amide bonds. The molecule has 3 rings (SSSR count). The summed E-state index contributed by atoms with van der Waals surface area (Å²) in [5.74, 6) is -0.0265. The average Bonchev–Trinajstić information content (AvgIpc) is 2.69. The molecular weight excluding hydrogens is 338 g/mol. The summed E-state index contributed by atoms with van der Waals surface area (Å²) in [6.45, 7) is 2.28. The maximum atomic E-state index is 12.6. The fourth-order valence-corrected chi connectivity index (χ4v) is 7.63. The number of methoxy groups -OCH3 is 1. The minimum atomic E-state index is -3.64. The van der Waals surface area contributed by atoms with E-state index in [0.29, 0.717) is 13.0 Å². The van der Waals surface area contributed by atoms with Crippen molar-refractivity contribution in [3.63, 3.8) is 0 Å². The number of aryl methyl sites for hydroxylation is 1. The molecular formula is C15H21NO5S2. The lowest BCUT2D eigenvalue weighted by Crippen LogP contribution is -2.68. The third kappa shape index (κ3) is 2.52. The van der Waals surface area contributed by atoms with Crippen LogP contribution in [-0.4, -0.2) is 58.4 Å². The van der Waals surface area contributed by atoms with Crippen molar-refractivity contribution in [1.82, 2.24) is 4.31 Å². The first-order chi connectivity index (χ1) is 10.7. The Morgan fingerprint density at radius 2 is 1.87 bits per heavy atom. The van der Waals surface area contributed by atoms with Gasteiger partial charge in [-0.05, 0) is 25.5 Å². The number of sulfonamides is 1. The van der Waals surface area contributed by atoms with E-state index < -0.39 is 24.6 Å². The standard InChI is InChI=1S/C15H21NO5S2/c1-12-3-5-14(6-4-12)23(19,20)16-10-15(11-16)13(9-21-2)7-8-22(15,17)18/h3-6,13H,7-11H2,1-2H3. The lowest BCUT2D eigenvalue weighted by atomic mass is 9.85. The van der Waals surface area contributed by atoms with Crippen molar-refractivity contribution in [3.8, 4) is 0 Å². The molecule has 2 heterocycles. The quantitative estimate of drug-likeness (QED) is 0.795. The molecule has 128 valence electrons. The lowest BCUT2D eigenvalue weighted by Gasteiger charge is -2.48. The van der Waals surface area contributed by atoms with Gasteiger partial charge in [-0.1, -0.05) is 17.7 Å². The van der Waals surface area contributed by atoms with Crippen LogP contribution in [0.5, 0.6) is 0 Å². The largest absolute Gasteiger partial charge is 0.384 e. The van der Waals surface area contributed by atoms with Crippen LogP contribution in [0.4, 0.5) is 0 Å². The van der Waals surface area contributed by atoms with Crippen LogP contribution in [0, 0.1) is 12.8 Å². The fraction of sp³-hybridized carbons (Fsp3) is 0.600. The molecule has 0 saturated carbocycles.